The number of piperazine rings is 1. The van der Waals surface area contributed by atoms with Crippen molar-refractivity contribution in [2.75, 3.05) is 31.1 Å². The van der Waals surface area contributed by atoms with E-state index >= 15 is 0 Å². The molecule has 2 aromatic rings. The summed E-state index contributed by atoms with van der Waals surface area (Å²) >= 11 is 5.36. The van der Waals surface area contributed by atoms with Gasteiger partial charge in [-0.25, -0.2) is 0 Å². The number of hydrogen-bond acceptors (Lipinski definition) is 4. The Morgan fingerprint density at radius 1 is 1.17 bits per heavy atom. The fourth-order valence-electron chi connectivity index (χ4n) is 2.88. The summed E-state index contributed by atoms with van der Waals surface area (Å²) in [6.07, 6.45) is 0.203. The minimum absolute atomic E-state index is 0.203. The molecule has 1 aliphatic rings. The molecule has 1 aromatic carbocycles. The predicted octanol–water partition coefficient (Wildman–Crippen LogP) is 4.62. The van der Waals surface area contributed by atoms with Crippen molar-refractivity contribution >= 4 is 33.0 Å². The van der Waals surface area contributed by atoms with Crippen LogP contribution in [0, 0.1) is 0 Å². The Kier molecular flexibility index (Phi) is 5.62. The zero-order chi connectivity index (χ0) is 16.2. The van der Waals surface area contributed by atoms with Crippen LogP contribution in [-0.2, 0) is 6.54 Å². The van der Waals surface area contributed by atoms with Gasteiger partial charge in [-0.05, 0) is 48.0 Å². The van der Waals surface area contributed by atoms with Crippen LogP contribution < -0.4 is 9.64 Å². The van der Waals surface area contributed by atoms with Crippen LogP contribution in [0.4, 0.5) is 5.69 Å². The van der Waals surface area contributed by atoms with Gasteiger partial charge in [0.25, 0.3) is 0 Å². The lowest BCUT2D eigenvalue weighted by Crippen LogP contribution is -2.46. The van der Waals surface area contributed by atoms with Gasteiger partial charge in [-0.1, -0.05) is 12.1 Å². The summed E-state index contributed by atoms with van der Waals surface area (Å²) in [5.74, 6) is 0.998. The van der Waals surface area contributed by atoms with Gasteiger partial charge in [0.1, 0.15) is 5.75 Å². The molecule has 0 atom stereocenters. The van der Waals surface area contributed by atoms with Crippen molar-refractivity contribution in [3.05, 3.63) is 45.1 Å². The molecule has 0 bridgehead atoms. The number of hydrogen-bond donors (Lipinski definition) is 0. The molecule has 1 aliphatic heterocycles. The molecule has 0 amide bonds. The topological polar surface area (TPSA) is 15.7 Å². The van der Waals surface area contributed by atoms with E-state index in [-0.39, 0.29) is 6.10 Å². The molecule has 124 valence electrons. The second-order valence-corrected chi connectivity index (χ2v) is 8.04. The zero-order valence-electron chi connectivity index (χ0n) is 13.7. The molecular weight excluding hydrogens is 372 g/mol. The van der Waals surface area contributed by atoms with E-state index in [1.165, 1.54) is 15.0 Å². The highest BCUT2D eigenvalue weighted by atomic mass is 79.9. The van der Waals surface area contributed by atoms with Crippen molar-refractivity contribution in [2.24, 2.45) is 0 Å². The number of rotatable bonds is 5. The van der Waals surface area contributed by atoms with E-state index in [1.54, 1.807) is 0 Å². The molecule has 1 saturated heterocycles. The minimum Gasteiger partial charge on any atom is -0.489 e. The third kappa shape index (κ3) is 4.49. The third-order valence-corrected chi connectivity index (χ3v) is 5.62. The number of benzene rings is 1. The molecule has 1 fully saturated rings. The fraction of sp³-hybridized carbons (Fsp3) is 0.444. The largest absolute Gasteiger partial charge is 0.489 e. The fourth-order valence-corrected chi connectivity index (χ4v) is 4.37. The van der Waals surface area contributed by atoms with Gasteiger partial charge in [0.15, 0.2) is 0 Å². The van der Waals surface area contributed by atoms with E-state index in [2.05, 4.69) is 69.2 Å². The lowest BCUT2D eigenvalue weighted by atomic mass is 10.2. The van der Waals surface area contributed by atoms with Gasteiger partial charge in [0.05, 0.1) is 11.8 Å². The van der Waals surface area contributed by atoms with Crippen molar-refractivity contribution in [2.45, 2.75) is 26.5 Å². The van der Waals surface area contributed by atoms with E-state index < -0.39 is 0 Å². The molecule has 0 unspecified atom stereocenters. The van der Waals surface area contributed by atoms with Gasteiger partial charge >= 0.3 is 0 Å². The lowest BCUT2D eigenvalue weighted by molar-refractivity contribution is 0.236. The summed E-state index contributed by atoms with van der Waals surface area (Å²) in [6.45, 7) is 9.48. The Hall–Kier alpha value is -1.04. The van der Waals surface area contributed by atoms with E-state index in [0.717, 1.165) is 38.5 Å². The van der Waals surface area contributed by atoms with Gasteiger partial charge in [0, 0.05) is 47.5 Å². The van der Waals surface area contributed by atoms with Crippen LogP contribution in [0.3, 0.4) is 0 Å². The van der Waals surface area contributed by atoms with Crippen LogP contribution in [0.2, 0.25) is 0 Å². The molecular formula is C18H23BrN2OS. The Bertz CT molecular complexity index is 635. The lowest BCUT2D eigenvalue weighted by Gasteiger charge is -2.36. The number of anilines is 1. The number of para-hydroxylation sites is 2. The Labute approximate surface area is 151 Å². The van der Waals surface area contributed by atoms with Crippen molar-refractivity contribution in [3.63, 3.8) is 0 Å². The third-order valence-electron chi connectivity index (χ3n) is 3.94. The molecule has 5 heteroatoms. The smallest absolute Gasteiger partial charge is 0.142 e. The molecule has 0 radical (unpaired) electrons. The van der Waals surface area contributed by atoms with E-state index in [0.29, 0.717) is 0 Å². The quantitative estimate of drug-likeness (QED) is 0.735. The van der Waals surface area contributed by atoms with Gasteiger partial charge < -0.3 is 9.64 Å². The standard InChI is InChI=1S/C18H23BrN2OS/c1-14(2)22-18-6-4-3-5-17(18)21-9-7-20(8-10-21)12-16-11-15(19)13-23-16/h3-6,11,13-14H,7-10,12H2,1-2H3. The van der Waals surface area contributed by atoms with Crippen molar-refractivity contribution < 1.29 is 4.74 Å². The van der Waals surface area contributed by atoms with Crippen LogP contribution in [0.15, 0.2) is 40.2 Å². The molecule has 3 nitrogen and oxygen atoms in total. The average Bonchev–Trinajstić information content (AvgIpc) is 2.93. The Morgan fingerprint density at radius 3 is 2.57 bits per heavy atom. The van der Waals surface area contributed by atoms with Gasteiger partial charge in [0.2, 0.25) is 0 Å². The highest BCUT2D eigenvalue weighted by Crippen LogP contribution is 2.30. The van der Waals surface area contributed by atoms with Crippen LogP contribution in [0.1, 0.15) is 18.7 Å². The summed E-state index contributed by atoms with van der Waals surface area (Å²) in [4.78, 5) is 6.40. The minimum atomic E-state index is 0.203. The van der Waals surface area contributed by atoms with Crippen molar-refractivity contribution in [3.8, 4) is 5.75 Å². The summed E-state index contributed by atoms with van der Waals surface area (Å²) in [5.41, 5.74) is 1.22. The molecule has 23 heavy (non-hydrogen) atoms. The molecule has 0 aliphatic carbocycles. The number of ether oxygens (including phenoxy) is 1. The second kappa shape index (κ2) is 7.69. The highest BCUT2D eigenvalue weighted by molar-refractivity contribution is 9.10. The summed E-state index contributed by atoms with van der Waals surface area (Å²) in [7, 11) is 0. The van der Waals surface area contributed by atoms with Crippen LogP contribution in [0.25, 0.3) is 0 Å². The van der Waals surface area contributed by atoms with E-state index in [4.69, 9.17) is 4.74 Å². The van der Waals surface area contributed by atoms with Crippen LogP contribution in [-0.4, -0.2) is 37.2 Å². The van der Waals surface area contributed by atoms with Gasteiger partial charge in [-0.3, -0.25) is 4.90 Å². The number of thiophene rings is 1. The molecule has 1 aromatic heterocycles. The van der Waals surface area contributed by atoms with Crippen LogP contribution >= 0.6 is 27.3 Å². The number of halogens is 1. The molecule has 3 rings (SSSR count). The van der Waals surface area contributed by atoms with Crippen LogP contribution in [0.5, 0.6) is 5.75 Å². The molecule has 0 saturated carbocycles. The van der Waals surface area contributed by atoms with Gasteiger partial charge in [-0.15, -0.1) is 11.3 Å². The first-order chi connectivity index (χ1) is 11.1. The average molecular weight is 395 g/mol. The number of nitrogens with zero attached hydrogens (tertiary/aromatic N) is 2. The summed E-state index contributed by atoms with van der Waals surface area (Å²) in [5, 5.41) is 2.16. The second-order valence-electron chi connectivity index (χ2n) is 6.13. The Balaban J connectivity index is 1.60. The maximum absolute atomic E-state index is 5.96. The first-order valence-corrected chi connectivity index (χ1v) is 9.75. The van der Waals surface area contributed by atoms with E-state index in [1.807, 2.05) is 17.4 Å². The SMILES string of the molecule is CC(C)Oc1ccccc1N1CCN(Cc2cc(Br)cs2)CC1. The Morgan fingerprint density at radius 2 is 1.91 bits per heavy atom. The molecule has 0 spiro atoms. The zero-order valence-corrected chi connectivity index (χ0v) is 16.1. The summed E-state index contributed by atoms with van der Waals surface area (Å²) in [6, 6.07) is 10.6. The predicted molar refractivity (Wildman–Crippen MR) is 102 cm³/mol. The van der Waals surface area contributed by atoms with Gasteiger partial charge in [-0.2, -0.15) is 0 Å². The summed E-state index contributed by atoms with van der Waals surface area (Å²) < 4.78 is 7.16. The normalized spacial score (nSPS) is 16.1. The van der Waals surface area contributed by atoms with E-state index in [9.17, 15) is 0 Å². The monoisotopic (exact) mass is 394 g/mol. The first-order valence-electron chi connectivity index (χ1n) is 8.08. The maximum Gasteiger partial charge on any atom is 0.142 e. The highest BCUT2D eigenvalue weighted by Gasteiger charge is 2.20. The molecule has 0 N–H and O–H groups in total. The first kappa shape index (κ1) is 16.8. The molecule has 2 heterocycles. The maximum atomic E-state index is 5.96. The van der Waals surface area contributed by atoms with Crippen molar-refractivity contribution in [1.82, 2.24) is 4.90 Å². The van der Waals surface area contributed by atoms with Crippen molar-refractivity contribution in [1.29, 1.82) is 0 Å².